The molecule has 2 amide bonds. The quantitative estimate of drug-likeness (QED) is 0.738. The zero-order valence-electron chi connectivity index (χ0n) is 16.3. The third-order valence-electron chi connectivity index (χ3n) is 4.95. The number of nitrogens with one attached hydrogen (secondary N) is 1. The highest BCUT2D eigenvalue weighted by Gasteiger charge is 2.27. The van der Waals surface area contributed by atoms with Crippen molar-refractivity contribution in [2.45, 2.75) is 23.8 Å². The van der Waals surface area contributed by atoms with Crippen LogP contribution in [0.1, 0.15) is 33.6 Å². The molecule has 0 aliphatic carbocycles. The number of carbonyl (C=O) groups excluding carboxylic acids is 2. The molecule has 0 spiro atoms. The molecule has 1 heterocycles. The van der Waals surface area contributed by atoms with E-state index in [1.54, 1.807) is 4.90 Å². The van der Waals surface area contributed by atoms with Crippen molar-refractivity contribution in [3.63, 3.8) is 0 Å². The number of piperidine rings is 1. The van der Waals surface area contributed by atoms with Gasteiger partial charge in [-0.2, -0.15) is 0 Å². The van der Waals surface area contributed by atoms with Crippen LogP contribution in [-0.2, 0) is 10.0 Å². The second-order valence-corrected chi connectivity index (χ2v) is 8.52. The summed E-state index contributed by atoms with van der Waals surface area (Å²) in [5, 5.41) is 8.05. The molecule has 0 unspecified atom stereocenters. The van der Waals surface area contributed by atoms with Gasteiger partial charge in [0.05, 0.1) is 17.6 Å². The number of rotatable bonds is 5. The summed E-state index contributed by atoms with van der Waals surface area (Å²) in [7, 11) is -2.57. The van der Waals surface area contributed by atoms with Crippen LogP contribution in [0.5, 0.6) is 5.75 Å². The van der Waals surface area contributed by atoms with E-state index in [9.17, 15) is 22.4 Å². The maximum Gasteiger partial charge on any atom is 0.257 e. The molecule has 0 aromatic heterocycles. The third kappa shape index (κ3) is 4.95. The molecule has 2 aromatic rings. The number of hydrogen-bond acceptors (Lipinski definition) is 5. The van der Waals surface area contributed by atoms with Gasteiger partial charge in [-0.25, -0.2) is 17.9 Å². The van der Waals surface area contributed by atoms with Gasteiger partial charge in [0.25, 0.3) is 11.8 Å². The highest BCUT2D eigenvalue weighted by atomic mass is 32.2. The maximum atomic E-state index is 13.0. The summed E-state index contributed by atoms with van der Waals surface area (Å²) >= 11 is 0. The second kappa shape index (κ2) is 8.80. The van der Waals surface area contributed by atoms with Gasteiger partial charge in [0.1, 0.15) is 11.6 Å². The lowest BCUT2D eigenvalue weighted by atomic mass is 10.0. The first-order valence-electron chi connectivity index (χ1n) is 9.25. The summed E-state index contributed by atoms with van der Waals surface area (Å²) < 4.78 is 41.4. The number of hydrogen-bond donors (Lipinski definition) is 2. The third-order valence-corrected chi connectivity index (χ3v) is 5.86. The first-order chi connectivity index (χ1) is 14.2. The number of ether oxygens (including phenoxy) is 1. The van der Waals surface area contributed by atoms with Crippen molar-refractivity contribution in [1.82, 2.24) is 10.2 Å². The smallest absolute Gasteiger partial charge is 0.257 e. The average molecular weight is 435 g/mol. The van der Waals surface area contributed by atoms with Gasteiger partial charge in [-0.15, -0.1) is 0 Å². The first kappa shape index (κ1) is 21.7. The number of likely N-dealkylation sites (tertiary alicyclic amines) is 1. The molecule has 3 rings (SSSR count). The number of nitrogens with two attached hydrogens (primary N) is 1. The molecule has 0 bridgehead atoms. The van der Waals surface area contributed by atoms with E-state index in [2.05, 4.69) is 5.32 Å². The molecule has 8 nitrogen and oxygen atoms in total. The number of sulfonamides is 1. The topological polar surface area (TPSA) is 119 Å². The van der Waals surface area contributed by atoms with Gasteiger partial charge in [-0.3, -0.25) is 9.59 Å². The summed E-state index contributed by atoms with van der Waals surface area (Å²) in [5.74, 6) is -0.845. The molecule has 1 aliphatic heterocycles. The van der Waals surface area contributed by atoms with Crippen LogP contribution in [-0.4, -0.2) is 51.4 Å². The number of nitrogens with zero attached hydrogens (tertiary/aromatic N) is 1. The van der Waals surface area contributed by atoms with Crippen molar-refractivity contribution >= 4 is 21.8 Å². The van der Waals surface area contributed by atoms with E-state index in [-0.39, 0.29) is 34.1 Å². The Morgan fingerprint density at radius 2 is 1.77 bits per heavy atom. The molecule has 30 heavy (non-hydrogen) atoms. The van der Waals surface area contributed by atoms with E-state index >= 15 is 0 Å². The van der Waals surface area contributed by atoms with Crippen LogP contribution in [0.3, 0.4) is 0 Å². The fourth-order valence-electron chi connectivity index (χ4n) is 3.30. The molecule has 1 fully saturated rings. The van der Waals surface area contributed by atoms with Gasteiger partial charge in [0, 0.05) is 24.7 Å². The van der Waals surface area contributed by atoms with Crippen LogP contribution in [0.4, 0.5) is 4.39 Å². The van der Waals surface area contributed by atoms with E-state index in [1.807, 2.05) is 0 Å². The van der Waals surface area contributed by atoms with E-state index in [0.29, 0.717) is 31.5 Å². The number of carbonyl (C=O) groups is 2. The Labute approximate surface area is 173 Å². The lowest BCUT2D eigenvalue weighted by Crippen LogP contribution is -2.46. The minimum Gasteiger partial charge on any atom is -0.496 e. The summed E-state index contributed by atoms with van der Waals surface area (Å²) in [6, 6.07) is 9.01. The Bertz CT molecular complexity index is 1050. The van der Waals surface area contributed by atoms with E-state index in [1.165, 1.54) is 49.6 Å². The van der Waals surface area contributed by atoms with Crippen LogP contribution in [0.25, 0.3) is 0 Å². The van der Waals surface area contributed by atoms with Crippen molar-refractivity contribution in [2.75, 3.05) is 20.2 Å². The van der Waals surface area contributed by atoms with E-state index in [0.717, 1.165) is 0 Å². The van der Waals surface area contributed by atoms with Crippen molar-refractivity contribution in [3.05, 3.63) is 59.4 Å². The Morgan fingerprint density at radius 1 is 1.13 bits per heavy atom. The van der Waals surface area contributed by atoms with Gasteiger partial charge in [-0.05, 0) is 55.3 Å². The number of primary sulfonamides is 1. The zero-order valence-corrected chi connectivity index (χ0v) is 17.1. The van der Waals surface area contributed by atoms with Crippen molar-refractivity contribution in [3.8, 4) is 5.75 Å². The van der Waals surface area contributed by atoms with Crippen LogP contribution >= 0.6 is 0 Å². The molecule has 0 saturated carbocycles. The number of methoxy groups -OCH3 is 1. The molecule has 1 aliphatic rings. The summed E-state index contributed by atoms with van der Waals surface area (Å²) in [6.45, 7) is 0.742. The van der Waals surface area contributed by atoms with E-state index in [4.69, 9.17) is 9.88 Å². The lowest BCUT2D eigenvalue weighted by molar-refractivity contribution is 0.0694. The maximum absolute atomic E-state index is 13.0. The minimum atomic E-state index is -3.96. The molecule has 160 valence electrons. The summed E-state index contributed by atoms with van der Waals surface area (Å²) in [6.07, 6.45) is 1.05. The number of benzene rings is 2. The van der Waals surface area contributed by atoms with Crippen molar-refractivity contribution < 1.29 is 27.1 Å². The molecule has 0 radical (unpaired) electrons. The molecule has 1 saturated heterocycles. The average Bonchev–Trinajstić information content (AvgIpc) is 2.73. The van der Waals surface area contributed by atoms with Crippen LogP contribution in [0.2, 0.25) is 0 Å². The van der Waals surface area contributed by atoms with Gasteiger partial charge in [0.2, 0.25) is 10.0 Å². The Kier molecular flexibility index (Phi) is 6.37. The highest BCUT2D eigenvalue weighted by Crippen LogP contribution is 2.25. The fourth-order valence-corrected chi connectivity index (χ4v) is 3.84. The SMILES string of the molecule is COc1ccc(S(N)(=O)=O)cc1C(=O)N1CCC(NC(=O)c2ccc(F)cc2)CC1. The Balaban J connectivity index is 1.65. The molecule has 10 heteroatoms. The first-order valence-corrected chi connectivity index (χ1v) is 10.8. The number of halogens is 1. The molecule has 2 aromatic carbocycles. The summed E-state index contributed by atoms with van der Waals surface area (Å²) in [5.41, 5.74) is 0.470. The zero-order chi connectivity index (χ0) is 21.9. The monoisotopic (exact) mass is 435 g/mol. The molecule has 3 N–H and O–H groups in total. The Hall–Kier alpha value is -2.98. The van der Waals surface area contributed by atoms with Gasteiger partial charge in [0.15, 0.2) is 0 Å². The molecular weight excluding hydrogens is 413 g/mol. The predicted molar refractivity (Wildman–Crippen MR) is 107 cm³/mol. The fraction of sp³-hybridized carbons (Fsp3) is 0.300. The van der Waals surface area contributed by atoms with E-state index < -0.39 is 15.8 Å². The largest absolute Gasteiger partial charge is 0.496 e. The normalized spacial score (nSPS) is 15.0. The van der Waals surface area contributed by atoms with Gasteiger partial charge >= 0.3 is 0 Å². The highest BCUT2D eigenvalue weighted by molar-refractivity contribution is 7.89. The van der Waals surface area contributed by atoms with Crippen LogP contribution in [0.15, 0.2) is 47.4 Å². The van der Waals surface area contributed by atoms with Crippen LogP contribution < -0.4 is 15.2 Å². The standard InChI is InChI=1S/C20H22FN3O5S/c1-29-18-7-6-16(30(22,27)28)12-17(18)20(26)24-10-8-15(9-11-24)23-19(25)13-2-4-14(21)5-3-13/h2-7,12,15H,8-11H2,1H3,(H,23,25)(H2,22,27,28). The van der Waals surface area contributed by atoms with Gasteiger partial charge in [-0.1, -0.05) is 0 Å². The lowest BCUT2D eigenvalue weighted by Gasteiger charge is -2.32. The van der Waals surface area contributed by atoms with Gasteiger partial charge < -0.3 is 15.0 Å². The number of amides is 2. The van der Waals surface area contributed by atoms with Crippen molar-refractivity contribution in [2.24, 2.45) is 5.14 Å². The minimum absolute atomic E-state index is 0.109. The van der Waals surface area contributed by atoms with Crippen LogP contribution in [0, 0.1) is 5.82 Å². The molecule has 0 atom stereocenters. The van der Waals surface area contributed by atoms with Crippen molar-refractivity contribution in [1.29, 1.82) is 0 Å². The second-order valence-electron chi connectivity index (χ2n) is 6.95. The molecular formula is C20H22FN3O5S. The predicted octanol–water partition coefficient (Wildman–Crippen LogP) is 1.52. The Morgan fingerprint density at radius 3 is 2.33 bits per heavy atom. The summed E-state index contributed by atoms with van der Waals surface area (Å²) in [4.78, 5) is 26.6.